The van der Waals surface area contributed by atoms with E-state index in [1.807, 2.05) is 25.4 Å². The first-order valence-electron chi connectivity index (χ1n) is 8.24. The van der Waals surface area contributed by atoms with Crippen molar-refractivity contribution in [2.75, 3.05) is 12.4 Å². The quantitative estimate of drug-likeness (QED) is 0.427. The van der Waals surface area contributed by atoms with Crippen LogP contribution in [0, 0.1) is 0 Å². The first kappa shape index (κ1) is 18.2. The summed E-state index contributed by atoms with van der Waals surface area (Å²) in [6.07, 6.45) is 4.91. The van der Waals surface area contributed by atoms with Crippen molar-refractivity contribution in [2.45, 2.75) is 6.92 Å². The molecule has 3 aromatic rings. The molecular weight excluding hydrogens is 346 g/mol. The second-order valence-electron chi connectivity index (χ2n) is 5.87. The first-order chi connectivity index (χ1) is 13.0. The number of nitrogens with zero attached hydrogens (tertiary/aromatic N) is 2. The summed E-state index contributed by atoms with van der Waals surface area (Å²) >= 11 is 0. The molecule has 138 valence electrons. The summed E-state index contributed by atoms with van der Waals surface area (Å²) in [6.45, 7) is 1.31. The van der Waals surface area contributed by atoms with Gasteiger partial charge in [0, 0.05) is 31.6 Å². The maximum Gasteiger partial charge on any atom is 0.308 e. The molecule has 7 heteroatoms. The van der Waals surface area contributed by atoms with Crippen LogP contribution in [-0.4, -0.2) is 28.8 Å². The number of aryl methyl sites for hydroxylation is 1. The molecule has 0 radical (unpaired) electrons. The number of fused-ring (bicyclic) bond motifs is 1. The van der Waals surface area contributed by atoms with E-state index in [4.69, 9.17) is 9.47 Å². The topological polar surface area (TPSA) is 82.4 Å². The van der Waals surface area contributed by atoms with Gasteiger partial charge in [0.1, 0.15) is 5.52 Å². The highest BCUT2D eigenvalue weighted by atomic mass is 16.6. The van der Waals surface area contributed by atoms with E-state index in [0.29, 0.717) is 22.7 Å². The van der Waals surface area contributed by atoms with Crippen LogP contribution in [0.5, 0.6) is 11.5 Å². The van der Waals surface area contributed by atoms with E-state index in [1.54, 1.807) is 35.0 Å². The zero-order valence-corrected chi connectivity index (χ0v) is 15.2. The van der Waals surface area contributed by atoms with E-state index >= 15 is 0 Å². The summed E-state index contributed by atoms with van der Waals surface area (Å²) in [5.74, 6) is -0.00641. The molecule has 27 heavy (non-hydrogen) atoms. The molecule has 0 atom stereocenters. The van der Waals surface area contributed by atoms with Crippen LogP contribution in [-0.2, 0) is 16.6 Å². The number of anilines is 1. The van der Waals surface area contributed by atoms with E-state index in [1.165, 1.54) is 20.1 Å². The Labute approximate surface area is 156 Å². The number of aromatic nitrogens is 2. The predicted molar refractivity (Wildman–Crippen MR) is 103 cm³/mol. The average molecular weight is 365 g/mol. The Bertz CT molecular complexity index is 1040. The van der Waals surface area contributed by atoms with Gasteiger partial charge in [0.15, 0.2) is 11.5 Å². The second kappa shape index (κ2) is 7.74. The molecular formula is C20H19N3O4. The molecule has 1 N–H and O–H groups in total. The van der Waals surface area contributed by atoms with Crippen LogP contribution in [0.2, 0.25) is 0 Å². The smallest absolute Gasteiger partial charge is 0.308 e. The van der Waals surface area contributed by atoms with Gasteiger partial charge in [0.05, 0.1) is 12.8 Å². The molecule has 0 fully saturated rings. The number of amides is 1. The van der Waals surface area contributed by atoms with Gasteiger partial charge in [-0.25, -0.2) is 0 Å². The van der Waals surface area contributed by atoms with Crippen LogP contribution in [0.4, 0.5) is 5.69 Å². The number of nitrogens with one attached hydrogen (secondary N) is 1. The largest absolute Gasteiger partial charge is 0.493 e. The third kappa shape index (κ3) is 4.33. The van der Waals surface area contributed by atoms with Crippen molar-refractivity contribution in [3.63, 3.8) is 0 Å². The molecule has 0 unspecified atom stereocenters. The zero-order valence-electron chi connectivity index (χ0n) is 15.2. The third-order valence-electron chi connectivity index (χ3n) is 3.78. The molecule has 1 heterocycles. The zero-order chi connectivity index (χ0) is 19.4. The van der Waals surface area contributed by atoms with Crippen LogP contribution in [0.15, 0.2) is 48.7 Å². The molecule has 0 aliphatic heterocycles. The molecule has 2 aromatic carbocycles. The Hall–Kier alpha value is -3.61. The molecule has 1 aromatic heterocycles. The molecule has 0 bridgehead atoms. The van der Waals surface area contributed by atoms with E-state index in [0.717, 1.165) is 10.9 Å². The normalized spacial score (nSPS) is 10.9. The number of rotatable bonds is 5. The van der Waals surface area contributed by atoms with E-state index in [9.17, 15) is 9.59 Å². The van der Waals surface area contributed by atoms with Crippen molar-refractivity contribution in [1.82, 2.24) is 9.78 Å². The summed E-state index contributed by atoms with van der Waals surface area (Å²) in [5.41, 5.74) is 2.06. The fraction of sp³-hybridized carbons (Fsp3) is 0.150. The summed E-state index contributed by atoms with van der Waals surface area (Å²) in [5, 5.41) is 8.13. The van der Waals surface area contributed by atoms with Crippen LogP contribution < -0.4 is 14.8 Å². The lowest BCUT2D eigenvalue weighted by Gasteiger charge is -2.08. The monoisotopic (exact) mass is 365 g/mol. The fourth-order valence-corrected chi connectivity index (χ4v) is 2.64. The van der Waals surface area contributed by atoms with Crippen LogP contribution in [0.1, 0.15) is 12.5 Å². The van der Waals surface area contributed by atoms with Crippen molar-refractivity contribution in [1.29, 1.82) is 0 Å². The number of benzene rings is 2. The molecule has 0 spiro atoms. The second-order valence-corrected chi connectivity index (χ2v) is 5.87. The van der Waals surface area contributed by atoms with Crippen molar-refractivity contribution in [3.8, 4) is 11.5 Å². The molecule has 7 nitrogen and oxygen atoms in total. The Morgan fingerprint density at radius 3 is 2.74 bits per heavy atom. The van der Waals surface area contributed by atoms with Gasteiger partial charge in [-0.15, -0.1) is 0 Å². The number of carbonyl (C=O) groups is 2. The summed E-state index contributed by atoms with van der Waals surface area (Å²) in [4.78, 5) is 23.5. The van der Waals surface area contributed by atoms with Gasteiger partial charge < -0.3 is 14.8 Å². The van der Waals surface area contributed by atoms with Crippen LogP contribution >= 0.6 is 0 Å². The fourth-order valence-electron chi connectivity index (χ4n) is 2.64. The molecule has 3 rings (SSSR count). The summed E-state index contributed by atoms with van der Waals surface area (Å²) in [7, 11) is 3.32. The maximum atomic E-state index is 12.3. The molecule has 0 saturated carbocycles. The van der Waals surface area contributed by atoms with Gasteiger partial charge in [-0.05, 0) is 29.8 Å². The number of hydrogen-bond acceptors (Lipinski definition) is 5. The van der Waals surface area contributed by atoms with Gasteiger partial charge in [-0.1, -0.05) is 18.2 Å². The van der Waals surface area contributed by atoms with Gasteiger partial charge in [-0.3, -0.25) is 14.3 Å². The van der Waals surface area contributed by atoms with E-state index in [-0.39, 0.29) is 5.91 Å². The van der Waals surface area contributed by atoms with Gasteiger partial charge in [0.2, 0.25) is 5.91 Å². The number of carbonyl (C=O) groups excluding carboxylic acids is 2. The van der Waals surface area contributed by atoms with Gasteiger partial charge >= 0.3 is 5.97 Å². The minimum Gasteiger partial charge on any atom is -0.493 e. The minimum atomic E-state index is -0.448. The number of ether oxygens (including phenoxy) is 2. The highest BCUT2D eigenvalue weighted by molar-refractivity contribution is 6.06. The SMILES string of the molecule is COc1ccc(C=CC(=O)Nc2cccc3cn(C)nc23)cc1OC(C)=O. The number of esters is 1. The highest BCUT2D eigenvalue weighted by Gasteiger charge is 2.09. The summed E-state index contributed by atoms with van der Waals surface area (Å²) < 4.78 is 12.0. The number of hydrogen-bond donors (Lipinski definition) is 1. The van der Waals surface area contributed by atoms with Crippen LogP contribution in [0.25, 0.3) is 17.0 Å². The lowest BCUT2D eigenvalue weighted by molar-refractivity contribution is -0.132. The lowest BCUT2D eigenvalue weighted by Crippen LogP contribution is -2.08. The molecule has 0 aliphatic rings. The maximum absolute atomic E-state index is 12.3. The Kier molecular flexibility index (Phi) is 5.21. The van der Waals surface area contributed by atoms with Gasteiger partial charge in [-0.2, -0.15) is 5.10 Å². The van der Waals surface area contributed by atoms with Crippen molar-refractivity contribution < 1.29 is 19.1 Å². The Morgan fingerprint density at radius 2 is 2.00 bits per heavy atom. The highest BCUT2D eigenvalue weighted by Crippen LogP contribution is 2.28. The third-order valence-corrected chi connectivity index (χ3v) is 3.78. The first-order valence-corrected chi connectivity index (χ1v) is 8.24. The van der Waals surface area contributed by atoms with Crippen LogP contribution in [0.3, 0.4) is 0 Å². The molecule has 0 aliphatic carbocycles. The Morgan fingerprint density at radius 1 is 1.19 bits per heavy atom. The molecule has 0 saturated heterocycles. The molecule has 1 amide bonds. The van der Waals surface area contributed by atoms with E-state index < -0.39 is 5.97 Å². The predicted octanol–water partition coefficient (Wildman–Crippen LogP) is 3.16. The Balaban J connectivity index is 1.77. The number of methoxy groups -OCH3 is 1. The van der Waals surface area contributed by atoms with Crippen molar-refractivity contribution >= 4 is 34.5 Å². The lowest BCUT2D eigenvalue weighted by atomic mass is 10.2. The minimum absolute atomic E-state index is 0.294. The average Bonchev–Trinajstić information content (AvgIpc) is 3.01. The van der Waals surface area contributed by atoms with Crippen molar-refractivity contribution in [3.05, 3.63) is 54.2 Å². The summed E-state index contributed by atoms with van der Waals surface area (Å²) in [6, 6.07) is 10.6. The van der Waals surface area contributed by atoms with Crippen molar-refractivity contribution in [2.24, 2.45) is 7.05 Å². The van der Waals surface area contributed by atoms with Gasteiger partial charge in [0.25, 0.3) is 0 Å². The standard InChI is InChI=1S/C20H19N3O4/c1-13(24)27-18-11-14(7-9-17(18)26-3)8-10-19(25)21-16-6-4-5-15-12-23(2)22-20(15)16/h4-12H,1-3H3,(H,21,25). The van der Waals surface area contributed by atoms with E-state index in [2.05, 4.69) is 10.4 Å².